The summed E-state index contributed by atoms with van der Waals surface area (Å²) in [4.78, 5) is 17.8. The molecule has 1 aliphatic rings. The Hall–Kier alpha value is -5.22. The second-order valence-corrected chi connectivity index (χ2v) is 11.0. The Labute approximate surface area is 260 Å². The van der Waals surface area contributed by atoms with Crippen LogP contribution in [0.15, 0.2) is 97.2 Å². The van der Waals surface area contributed by atoms with Gasteiger partial charge in [-0.2, -0.15) is 0 Å². The second-order valence-electron chi connectivity index (χ2n) is 10.6. The van der Waals surface area contributed by atoms with E-state index < -0.39 is 4.92 Å². The van der Waals surface area contributed by atoms with Gasteiger partial charge in [0.15, 0.2) is 5.11 Å². The van der Waals surface area contributed by atoms with Crippen molar-refractivity contribution < 1.29 is 14.4 Å². The molecule has 6 rings (SSSR count). The summed E-state index contributed by atoms with van der Waals surface area (Å²) in [6.07, 6.45) is 1.78. The molecule has 0 saturated carbocycles. The number of hydrogen-bond acceptors (Lipinski definition) is 6. The number of hydrogen-bond donors (Lipinski definition) is 1. The zero-order valence-corrected chi connectivity index (χ0v) is 25.5. The summed E-state index contributed by atoms with van der Waals surface area (Å²) in [6, 6.07) is 28.0. The molecular formula is C34H31N5O4S. The fourth-order valence-electron chi connectivity index (χ4n) is 5.84. The van der Waals surface area contributed by atoms with Gasteiger partial charge in [-0.1, -0.05) is 24.3 Å². The Morgan fingerprint density at radius 1 is 0.932 bits per heavy atom. The molecule has 9 nitrogen and oxygen atoms in total. The number of aromatic nitrogens is 2. The number of anilines is 1. The van der Waals surface area contributed by atoms with Crippen LogP contribution in [0.2, 0.25) is 0 Å². The van der Waals surface area contributed by atoms with Crippen molar-refractivity contribution in [2.45, 2.75) is 32.9 Å². The molecule has 0 unspecified atom stereocenters. The average molecular weight is 606 g/mol. The predicted molar refractivity (Wildman–Crippen MR) is 174 cm³/mol. The number of non-ortho nitro benzene ring substituents is 1. The number of nitrogens with one attached hydrogen (secondary N) is 1. The van der Waals surface area contributed by atoms with Gasteiger partial charge in [0.25, 0.3) is 5.69 Å². The van der Waals surface area contributed by atoms with Crippen LogP contribution < -0.4 is 19.7 Å². The lowest BCUT2D eigenvalue weighted by Gasteiger charge is -2.28. The van der Waals surface area contributed by atoms with E-state index in [2.05, 4.69) is 25.8 Å². The lowest BCUT2D eigenvalue weighted by Crippen LogP contribution is -2.29. The van der Waals surface area contributed by atoms with E-state index in [0.717, 1.165) is 45.4 Å². The summed E-state index contributed by atoms with van der Waals surface area (Å²) in [6.45, 7) is 6.07. The fourth-order valence-corrected chi connectivity index (χ4v) is 6.19. The first-order valence-corrected chi connectivity index (χ1v) is 14.5. The molecule has 0 spiro atoms. The first-order chi connectivity index (χ1) is 21.3. The molecule has 10 heteroatoms. The number of methoxy groups -OCH3 is 1. The van der Waals surface area contributed by atoms with Gasteiger partial charge in [-0.05, 0) is 98.7 Å². The van der Waals surface area contributed by atoms with Gasteiger partial charge < -0.3 is 24.3 Å². The minimum absolute atomic E-state index is 0.0325. The van der Waals surface area contributed by atoms with E-state index in [4.69, 9.17) is 21.7 Å². The fraction of sp³-hybridized carbons (Fsp3) is 0.176. The molecule has 2 atom stereocenters. The van der Waals surface area contributed by atoms with Crippen LogP contribution in [0.5, 0.6) is 17.2 Å². The molecule has 1 fully saturated rings. The zero-order chi connectivity index (χ0) is 31.0. The molecule has 0 bridgehead atoms. The van der Waals surface area contributed by atoms with Crippen LogP contribution >= 0.6 is 12.2 Å². The normalized spacial score (nSPS) is 16.1. The number of para-hydroxylation sites is 1. The molecular weight excluding hydrogens is 574 g/mol. The Morgan fingerprint density at radius 3 is 2.36 bits per heavy atom. The van der Waals surface area contributed by atoms with Gasteiger partial charge in [0.2, 0.25) is 0 Å². The SMILES string of the molecule is COc1cc([N+](=O)[O-])ccc1-n1c(C)cc([C@@H]2[C@@H](c3ccccn3)NC(=S)N2c2ccc(Oc3ccccc3C)cc2)c1C. The van der Waals surface area contributed by atoms with Crippen LogP contribution in [0.4, 0.5) is 11.4 Å². The number of ether oxygens (including phenoxy) is 2. The zero-order valence-electron chi connectivity index (χ0n) is 24.7. The Bertz CT molecular complexity index is 1860. The summed E-state index contributed by atoms with van der Waals surface area (Å²) in [7, 11) is 1.52. The number of rotatable bonds is 8. The van der Waals surface area contributed by atoms with Crippen LogP contribution in [-0.2, 0) is 0 Å². The van der Waals surface area contributed by atoms with E-state index in [0.29, 0.717) is 16.5 Å². The number of aryl methyl sites for hydroxylation is 2. The maximum absolute atomic E-state index is 11.4. The van der Waals surface area contributed by atoms with E-state index in [-0.39, 0.29) is 17.8 Å². The van der Waals surface area contributed by atoms with Crippen molar-refractivity contribution in [3.8, 4) is 22.9 Å². The Morgan fingerprint density at radius 2 is 1.68 bits per heavy atom. The molecule has 0 aliphatic carbocycles. The quantitative estimate of drug-likeness (QED) is 0.109. The van der Waals surface area contributed by atoms with Crippen LogP contribution in [0.3, 0.4) is 0 Å². The monoisotopic (exact) mass is 605 g/mol. The number of nitrogens with zero attached hydrogens (tertiary/aromatic N) is 4. The predicted octanol–water partition coefficient (Wildman–Crippen LogP) is 7.68. The third-order valence-corrected chi connectivity index (χ3v) is 8.25. The number of thiocarbonyl (C=S) groups is 1. The largest absolute Gasteiger partial charge is 0.494 e. The maximum atomic E-state index is 11.4. The van der Waals surface area contributed by atoms with E-state index in [1.54, 1.807) is 12.3 Å². The number of nitro benzene ring substituents is 1. The smallest absolute Gasteiger partial charge is 0.273 e. The summed E-state index contributed by atoms with van der Waals surface area (Å²) in [5, 5.41) is 15.5. The van der Waals surface area contributed by atoms with Crippen molar-refractivity contribution in [2.24, 2.45) is 0 Å². The molecule has 1 saturated heterocycles. The van der Waals surface area contributed by atoms with Gasteiger partial charge in [0, 0.05) is 29.3 Å². The van der Waals surface area contributed by atoms with Crippen molar-refractivity contribution in [2.75, 3.05) is 12.0 Å². The average Bonchev–Trinajstić information content (AvgIpc) is 3.53. The molecule has 3 heterocycles. The molecule has 2 aromatic heterocycles. The van der Waals surface area contributed by atoms with E-state index >= 15 is 0 Å². The van der Waals surface area contributed by atoms with Crippen molar-refractivity contribution in [3.63, 3.8) is 0 Å². The lowest BCUT2D eigenvalue weighted by molar-refractivity contribution is -0.384. The molecule has 3 aromatic carbocycles. The summed E-state index contributed by atoms with van der Waals surface area (Å²) >= 11 is 5.95. The summed E-state index contributed by atoms with van der Waals surface area (Å²) < 4.78 is 13.8. The Balaban J connectivity index is 1.43. The van der Waals surface area contributed by atoms with E-state index in [9.17, 15) is 10.1 Å². The third kappa shape index (κ3) is 5.24. The third-order valence-electron chi connectivity index (χ3n) is 7.94. The standard InChI is InChI=1S/C34H31N5O4S/c1-21-9-5-6-11-30(21)43-26-15-12-24(13-16-26)38-33(32(36-34(38)44)28-10-7-8-18-35-28)27-19-22(2)37(23(27)3)29-17-14-25(39(40)41)20-31(29)42-4/h5-20,32-33H,1-4H3,(H,36,44)/t32-,33-/m1/s1. The highest BCUT2D eigenvalue weighted by atomic mass is 32.1. The summed E-state index contributed by atoms with van der Waals surface area (Å²) in [5.41, 5.74) is 6.44. The minimum Gasteiger partial charge on any atom is -0.494 e. The molecule has 0 amide bonds. The van der Waals surface area contributed by atoms with Crippen LogP contribution in [-0.4, -0.2) is 26.7 Å². The van der Waals surface area contributed by atoms with Gasteiger partial charge >= 0.3 is 0 Å². The van der Waals surface area contributed by atoms with Crippen LogP contribution in [0.25, 0.3) is 5.69 Å². The van der Waals surface area contributed by atoms with Crippen molar-refractivity contribution in [1.82, 2.24) is 14.9 Å². The van der Waals surface area contributed by atoms with Crippen LogP contribution in [0, 0.1) is 30.9 Å². The molecule has 44 heavy (non-hydrogen) atoms. The highest BCUT2D eigenvalue weighted by Gasteiger charge is 2.42. The van der Waals surface area contributed by atoms with Gasteiger partial charge in [0.1, 0.15) is 17.2 Å². The topological polar surface area (TPSA) is 94.7 Å². The highest BCUT2D eigenvalue weighted by molar-refractivity contribution is 7.80. The molecule has 0 radical (unpaired) electrons. The first kappa shape index (κ1) is 28.9. The first-order valence-electron chi connectivity index (χ1n) is 14.1. The molecule has 1 N–H and O–H groups in total. The van der Waals surface area contributed by atoms with Crippen molar-refractivity contribution >= 4 is 28.7 Å². The molecule has 5 aromatic rings. The summed E-state index contributed by atoms with van der Waals surface area (Å²) in [5.74, 6) is 1.94. The maximum Gasteiger partial charge on any atom is 0.273 e. The minimum atomic E-state index is -0.426. The van der Waals surface area contributed by atoms with Gasteiger partial charge in [-0.25, -0.2) is 0 Å². The van der Waals surface area contributed by atoms with Crippen molar-refractivity contribution in [1.29, 1.82) is 0 Å². The van der Waals surface area contributed by atoms with E-state index in [1.165, 1.54) is 19.2 Å². The second kappa shape index (κ2) is 11.8. The number of benzene rings is 3. The number of pyridine rings is 1. The number of nitro groups is 1. The van der Waals surface area contributed by atoms with Crippen LogP contribution in [0.1, 0.15) is 40.3 Å². The van der Waals surface area contributed by atoms with Crippen molar-refractivity contribution in [3.05, 3.63) is 136 Å². The van der Waals surface area contributed by atoms with Gasteiger partial charge in [0.05, 0.1) is 41.6 Å². The lowest BCUT2D eigenvalue weighted by atomic mass is 9.96. The molecule has 222 valence electrons. The van der Waals surface area contributed by atoms with Gasteiger partial charge in [-0.15, -0.1) is 0 Å². The van der Waals surface area contributed by atoms with Gasteiger partial charge in [-0.3, -0.25) is 15.1 Å². The Kier molecular flexibility index (Phi) is 7.75. The van der Waals surface area contributed by atoms with E-state index in [1.807, 2.05) is 87.5 Å². The molecule has 1 aliphatic heterocycles. The highest BCUT2D eigenvalue weighted by Crippen LogP contribution is 2.45.